The summed E-state index contributed by atoms with van der Waals surface area (Å²) in [4.78, 5) is 33.5. The molecule has 1 aliphatic heterocycles. The summed E-state index contributed by atoms with van der Waals surface area (Å²) >= 11 is 5.94. The maximum absolute atomic E-state index is 11.2. The predicted octanol–water partition coefficient (Wildman–Crippen LogP) is -0.263. The Morgan fingerprint density at radius 2 is 1.38 bits per heavy atom. The lowest BCUT2D eigenvalue weighted by molar-refractivity contribution is -0.237. The zero-order valence-corrected chi connectivity index (χ0v) is 12.5. The monoisotopic (exact) mass is 324 g/mol. The van der Waals surface area contributed by atoms with Gasteiger partial charge >= 0.3 is 17.9 Å². The van der Waals surface area contributed by atoms with Crippen molar-refractivity contribution in [2.75, 3.05) is 6.61 Å². The van der Waals surface area contributed by atoms with Crippen molar-refractivity contribution in [1.82, 2.24) is 0 Å². The van der Waals surface area contributed by atoms with E-state index in [9.17, 15) is 19.5 Å². The Hall–Kier alpha value is -1.38. The lowest BCUT2D eigenvalue weighted by Crippen LogP contribution is -2.60. The Kier molecular flexibility index (Phi) is 6.38. The number of aliphatic hydroxyl groups excluding tert-OH is 1. The molecule has 21 heavy (non-hydrogen) atoms. The molecule has 0 spiro atoms. The van der Waals surface area contributed by atoms with Crippen LogP contribution in [0, 0.1) is 0 Å². The zero-order valence-electron chi connectivity index (χ0n) is 11.8. The van der Waals surface area contributed by atoms with Crippen LogP contribution < -0.4 is 0 Å². The summed E-state index contributed by atoms with van der Waals surface area (Å²) in [6, 6.07) is 0. The molecule has 0 aromatic rings. The number of rotatable bonds is 4. The number of aliphatic hydroxyl groups is 1. The highest BCUT2D eigenvalue weighted by Crippen LogP contribution is 2.30. The van der Waals surface area contributed by atoms with Crippen molar-refractivity contribution < 1.29 is 38.4 Å². The summed E-state index contributed by atoms with van der Waals surface area (Å²) in [6.45, 7) is 2.91. The van der Waals surface area contributed by atoms with Gasteiger partial charge in [-0.15, -0.1) is 0 Å². The Balaban J connectivity index is 3.08. The van der Waals surface area contributed by atoms with E-state index in [0.717, 1.165) is 20.8 Å². The van der Waals surface area contributed by atoms with E-state index < -0.39 is 54.5 Å². The minimum absolute atomic E-state index is 0.522. The molecule has 0 aromatic carbocycles. The first-order valence-corrected chi connectivity index (χ1v) is 6.62. The lowest BCUT2D eigenvalue weighted by atomic mass is 9.99. The number of halogens is 1. The smallest absolute Gasteiger partial charge is 0.303 e. The fourth-order valence-electron chi connectivity index (χ4n) is 1.99. The van der Waals surface area contributed by atoms with Gasteiger partial charge in [-0.1, -0.05) is 11.6 Å². The first kappa shape index (κ1) is 17.7. The van der Waals surface area contributed by atoms with E-state index >= 15 is 0 Å². The van der Waals surface area contributed by atoms with E-state index in [2.05, 4.69) is 0 Å². The molecule has 0 aliphatic carbocycles. The Bertz CT molecular complexity index is 412. The number of carbonyl (C=O) groups is 3. The third-order valence-electron chi connectivity index (χ3n) is 2.66. The van der Waals surface area contributed by atoms with Gasteiger partial charge in [-0.25, -0.2) is 0 Å². The zero-order chi connectivity index (χ0) is 16.2. The molecular formula is C12H17ClO8. The average molecular weight is 325 g/mol. The van der Waals surface area contributed by atoms with Crippen LogP contribution in [0.25, 0.3) is 0 Å². The second kappa shape index (κ2) is 7.58. The molecule has 1 fully saturated rings. The third kappa shape index (κ3) is 4.83. The van der Waals surface area contributed by atoms with E-state index in [1.165, 1.54) is 0 Å². The number of hydrogen-bond donors (Lipinski definition) is 1. The van der Waals surface area contributed by atoms with Gasteiger partial charge in [0, 0.05) is 20.8 Å². The van der Waals surface area contributed by atoms with Crippen molar-refractivity contribution in [2.24, 2.45) is 0 Å². The summed E-state index contributed by atoms with van der Waals surface area (Å²) in [5.74, 6) is -2.03. The van der Waals surface area contributed by atoms with Gasteiger partial charge in [0.15, 0.2) is 23.9 Å². The van der Waals surface area contributed by atoms with Gasteiger partial charge in [-0.2, -0.15) is 0 Å². The molecule has 1 N–H and O–H groups in total. The number of carbonyl (C=O) groups excluding carboxylic acids is 3. The average Bonchev–Trinajstić information content (AvgIpc) is 2.35. The van der Waals surface area contributed by atoms with Gasteiger partial charge in [0.25, 0.3) is 0 Å². The summed E-state index contributed by atoms with van der Waals surface area (Å²) in [5.41, 5.74) is -1.16. The normalized spacial score (nSPS) is 32.1. The molecule has 5 atom stereocenters. The second-order valence-corrected chi connectivity index (χ2v) is 4.86. The standard InChI is InChI=1S/C12H17ClO8/c1-5(15)18-9-8(4-14)21-12(13)11(20-7(3)17)10(9)19-6(2)16/h8-12,14H,4H2,1-3H3/t8-,9-,10+,11+,12+/m0/s1. The van der Waals surface area contributed by atoms with Crippen molar-refractivity contribution in [3.63, 3.8) is 0 Å². The van der Waals surface area contributed by atoms with Crippen molar-refractivity contribution >= 4 is 29.5 Å². The molecule has 0 bridgehead atoms. The molecule has 0 amide bonds. The molecule has 0 unspecified atom stereocenters. The second-order valence-electron chi connectivity index (χ2n) is 4.43. The fourth-order valence-corrected chi connectivity index (χ4v) is 2.32. The van der Waals surface area contributed by atoms with Gasteiger partial charge in [0.05, 0.1) is 6.61 Å². The summed E-state index contributed by atoms with van der Waals surface area (Å²) in [6.07, 6.45) is -4.49. The molecule has 8 nitrogen and oxygen atoms in total. The first-order valence-electron chi connectivity index (χ1n) is 6.18. The van der Waals surface area contributed by atoms with E-state index in [1.54, 1.807) is 0 Å². The van der Waals surface area contributed by atoms with Crippen molar-refractivity contribution in [3.8, 4) is 0 Å². The molecular weight excluding hydrogens is 308 g/mol. The molecule has 0 saturated carbocycles. The highest BCUT2D eigenvalue weighted by atomic mass is 35.5. The van der Waals surface area contributed by atoms with E-state index in [1.807, 2.05) is 0 Å². The van der Waals surface area contributed by atoms with Crippen LogP contribution in [0.4, 0.5) is 0 Å². The Morgan fingerprint density at radius 1 is 0.952 bits per heavy atom. The van der Waals surface area contributed by atoms with Gasteiger partial charge in [-0.3, -0.25) is 14.4 Å². The minimum Gasteiger partial charge on any atom is -0.456 e. The number of esters is 3. The molecule has 1 heterocycles. The third-order valence-corrected chi connectivity index (χ3v) is 3.01. The molecule has 0 aromatic heterocycles. The van der Waals surface area contributed by atoms with E-state index in [4.69, 9.17) is 30.5 Å². The van der Waals surface area contributed by atoms with Crippen molar-refractivity contribution in [3.05, 3.63) is 0 Å². The van der Waals surface area contributed by atoms with Crippen LogP contribution in [-0.2, 0) is 33.3 Å². The van der Waals surface area contributed by atoms with Crippen LogP contribution in [0.3, 0.4) is 0 Å². The fraction of sp³-hybridized carbons (Fsp3) is 0.750. The van der Waals surface area contributed by atoms with E-state index in [0.29, 0.717) is 0 Å². The van der Waals surface area contributed by atoms with Gasteiger partial charge < -0.3 is 24.1 Å². The van der Waals surface area contributed by atoms with Crippen LogP contribution >= 0.6 is 11.6 Å². The highest BCUT2D eigenvalue weighted by Gasteiger charge is 2.50. The number of hydrogen-bond acceptors (Lipinski definition) is 8. The molecule has 120 valence electrons. The minimum atomic E-state index is -1.18. The van der Waals surface area contributed by atoms with Crippen LogP contribution in [0.15, 0.2) is 0 Å². The van der Waals surface area contributed by atoms with Crippen molar-refractivity contribution in [2.45, 2.75) is 50.8 Å². The lowest BCUT2D eigenvalue weighted by Gasteiger charge is -2.42. The van der Waals surface area contributed by atoms with Gasteiger partial charge in [0.1, 0.15) is 6.10 Å². The quantitative estimate of drug-likeness (QED) is 0.428. The first-order chi connectivity index (χ1) is 9.76. The highest BCUT2D eigenvalue weighted by molar-refractivity contribution is 6.20. The summed E-state index contributed by atoms with van der Waals surface area (Å²) in [5, 5.41) is 9.29. The maximum Gasteiger partial charge on any atom is 0.303 e. The predicted molar refractivity (Wildman–Crippen MR) is 68.3 cm³/mol. The van der Waals surface area contributed by atoms with Crippen LogP contribution in [-0.4, -0.2) is 59.6 Å². The Labute approximate surface area is 126 Å². The molecule has 1 aliphatic rings. The van der Waals surface area contributed by atoms with Crippen LogP contribution in [0.5, 0.6) is 0 Å². The van der Waals surface area contributed by atoms with E-state index in [-0.39, 0.29) is 0 Å². The maximum atomic E-state index is 11.2. The van der Waals surface area contributed by atoms with Crippen LogP contribution in [0.2, 0.25) is 0 Å². The van der Waals surface area contributed by atoms with Gasteiger partial charge in [-0.05, 0) is 0 Å². The molecule has 1 rings (SSSR count). The number of alkyl halides is 1. The molecule has 9 heteroatoms. The topological polar surface area (TPSA) is 108 Å². The van der Waals surface area contributed by atoms with Gasteiger partial charge in [0.2, 0.25) is 0 Å². The summed E-state index contributed by atoms with van der Waals surface area (Å²) < 4.78 is 20.3. The number of ether oxygens (including phenoxy) is 4. The molecule has 0 radical (unpaired) electrons. The molecule has 1 saturated heterocycles. The summed E-state index contributed by atoms with van der Waals surface area (Å²) in [7, 11) is 0. The SMILES string of the molecule is CC(=O)O[C@H]1[C@@H](OC(C)=O)[C@H](Cl)O[C@@H](CO)[C@@H]1OC(C)=O. The van der Waals surface area contributed by atoms with Crippen molar-refractivity contribution in [1.29, 1.82) is 0 Å². The largest absolute Gasteiger partial charge is 0.456 e. The Morgan fingerprint density at radius 3 is 1.81 bits per heavy atom. The van der Waals surface area contributed by atoms with Crippen LogP contribution in [0.1, 0.15) is 20.8 Å².